The lowest BCUT2D eigenvalue weighted by atomic mass is 10.0. The van der Waals surface area contributed by atoms with Gasteiger partial charge in [0.15, 0.2) is 11.5 Å². The van der Waals surface area contributed by atoms with Gasteiger partial charge >= 0.3 is 0 Å². The number of rotatable bonds is 7. The standard InChI is InChI=1S/C26H25NO4S/c1-17(2)16-31-22-12-11-18(13-23(22)30-3)14-24-25(28)27(26(29)32-24)15-20-9-6-8-19-7-4-5-10-21(19)20/h4-14,17H,15-16H2,1-3H3/b24-14-. The zero-order valence-corrected chi connectivity index (χ0v) is 19.1. The third-order valence-corrected chi connectivity index (χ3v) is 6.05. The fourth-order valence-electron chi connectivity index (χ4n) is 3.54. The van der Waals surface area contributed by atoms with Crippen molar-refractivity contribution in [3.05, 3.63) is 76.7 Å². The van der Waals surface area contributed by atoms with Crippen LogP contribution in [-0.4, -0.2) is 29.8 Å². The van der Waals surface area contributed by atoms with E-state index in [0.29, 0.717) is 28.9 Å². The number of ether oxygens (including phenoxy) is 2. The third-order valence-electron chi connectivity index (χ3n) is 5.14. The lowest BCUT2D eigenvalue weighted by molar-refractivity contribution is -0.123. The Balaban J connectivity index is 1.56. The molecule has 4 rings (SSSR count). The highest BCUT2D eigenvalue weighted by molar-refractivity contribution is 8.18. The number of imide groups is 1. The minimum atomic E-state index is -0.285. The van der Waals surface area contributed by atoms with Gasteiger partial charge in [-0.05, 0) is 57.8 Å². The number of fused-ring (bicyclic) bond motifs is 1. The van der Waals surface area contributed by atoms with Crippen molar-refractivity contribution in [1.82, 2.24) is 4.90 Å². The van der Waals surface area contributed by atoms with E-state index < -0.39 is 0 Å². The Kier molecular flexibility index (Phi) is 6.51. The first-order chi connectivity index (χ1) is 15.5. The number of carbonyl (C=O) groups is 2. The number of hydrogen-bond donors (Lipinski definition) is 0. The summed E-state index contributed by atoms with van der Waals surface area (Å²) in [6.45, 7) is 4.99. The summed E-state index contributed by atoms with van der Waals surface area (Å²) in [6.07, 6.45) is 1.72. The van der Waals surface area contributed by atoms with Gasteiger partial charge in [-0.3, -0.25) is 14.5 Å². The van der Waals surface area contributed by atoms with Crippen LogP contribution in [0.3, 0.4) is 0 Å². The molecular formula is C26H25NO4S. The Labute approximate surface area is 192 Å². The van der Waals surface area contributed by atoms with Crippen LogP contribution < -0.4 is 9.47 Å². The number of hydrogen-bond acceptors (Lipinski definition) is 5. The monoisotopic (exact) mass is 447 g/mol. The highest BCUT2D eigenvalue weighted by Crippen LogP contribution is 2.36. The van der Waals surface area contributed by atoms with Gasteiger partial charge in [0.05, 0.1) is 25.2 Å². The van der Waals surface area contributed by atoms with E-state index in [0.717, 1.165) is 33.7 Å². The van der Waals surface area contributed by atoms with Gasteiger partial charge in [-0.1, -0.05) is 62.4 Å². The Morgan fingerprint density at radius 3 is 2.56 bits per heavy atom. The molecule has 0 aliphatic carbocycles. The van der Waals surface area contributed by atoms with Gasteiger partial charge in [-0.15, -0.1) is 0 Å². The summed E-state index contributed by atoms with van der Waals surface area (Å²) in [6, 6.07) is 19.4. The van der Waals surface area contributed by atoms with Crippen LogP contribution in [0.5, 0.6) is 11.5 Å². The number of methoxy groups -OCH3 is 1. The molecular weight excluding hydrogens is 422 g/mol. The van der Waals surface area contributed by atoms with Crippen LogP contribution in [0.25, 0.3) is 16.8 Å². The van der Waals surface area contributed by atoms with Crippen molar-refractivity contribution in [2.75, 3.05) is 13.7 Å². The SMILES string of the molecule is COc1cc(/C=C2\SC(=O)N(Cc3cccc4ccccc34)C2=O)ccc1OCC(C)C. The summed E-state index contributed by atoms with van der Waals surface area (Å²) >= 11 is 0.960. The average molecular weight is 448 g/mol. The van der Waals surface area contributed by atoms with Crippen LogP contribution >= 0.6 is 11.8 Å². The van der Waals surface area contributed by atoms with E-state index in [4.69, 9.17) is 9.47 Å². The molecule has 1 fully saturated rings. The fraction of sp³-hybridized carbons (Fsp3) is 0.231. The van der Waals surface area contributed by atoms with E-state index in [-0.39, 0.29) is 17.7 Å². The summed E-state index contributed by atoms with van der Waals surface area (Å²) in [5.41, 5.74) is 1.72. The van der Waals surface area contributed by atoms with E-state index in [9.17, 15) is 9.59 Å². The van der Waals surface area contributed by atoms with E-state index in [1.54, 1.807) is 13.2 Å². The molecule has 32 heavy (non-hydrogen) atoms. The van der Waals surface area contributed by atoms with E-state index in [1.165, 1.54) is 4.90 Å². The average Bonchev–Trinajstić information content (AvgIpc) is 3.05. The largest absolute Gasteiger partial charge is 0.493 e. The summed E-state index contributed by atoms with van der Waals surface area (Å²) in [4.78, 5) is 27.4. The van der Waals surface area contributed by atoms with Crippen molar-refractivity contribution in [2.45, 2.75) is 20.4 Å². The number of nitrogens with zero attached hydrogens (tertiary/aromatic N) is 1. The lowest BCUT2D eigenvalue weighted by Gasteiger charge is -2.14. The lowest BCUT2D eigenvalue weighted by Crippen LogP contribution is -2.27. The highest BCUT2D eigenvalue weighted by Gasteiger charge is 2.35. The summed E-state index contributed by atoms with van der Waals surface area (Å²) in [5, 5.41) is 1.86. The molecule has 0 unspecified atom stereocenters. The first-order valence-electron chi connectivity index (χ1n) is 10.5. The molecule has 1 aliphatic heterocycles. The van der Waals surface area contributed by atoms with Crippen molar-refractivity contribution >= 4 is 39.8 Å². The molecule has 1 aliphatic rings. The van der Waals surface area contributed by atoms with E-state index in [1.807, 2.05) is 60.7 Å². The van der Waals surface area contributed by atoms with Crippen molar-refractivity contribution < 1.29 is 19.1 Å². The maximum atomic E-state index is 13.0. The van der Waals surface area contributed by atoms with Gasteiger partial charge in [0, 0.05) is 0 Å². The predicted octanol–water partition coefficient (Wildman–Crippen LogP) is 6.12. The van der Waals surface area contributed by atoms with Crippen LogP contribution in [0.2, 0.25) is 0 Å². The normalized spacial score (nSPS) is 15.2. The molecule has 0 spiro atoms. The maximum Gasteiger partial charge on any atom is 0.293 e. The zero-order valence-electron chi connectivity index (χ0n) is 18.3. The van der Waals surface area contributed by atoms with Crippen molar-refractivity contribution in [3.63, 3.8) is 0 Å². The molecule has 3 aromatic carbocycles. The first kappa shape index (κ1) is 22.0. The van der Waals surface area contributed by atoms with Gasteiger partial charge in [0.25, 0.3) is 11.1 Å². The molecule has 0 radical (unpaired) electrons. The van der Waals surface area contributed by atoms with Gasteiger partial charge in [-0.25, -0.2) is 0 Å². The summed E-state index contributed by atoms with van der Waals surface area (Å²) in [5.74, 6) is 1.36. The molecule has 0 saturated carbocycles. The second-order valence-electron chi connectivity index (χ2n) is 8.02. The zero-order chi connectivity index (χ0) is 22.7. The molecule has 1 heterocycles. The molecule has 3 aromatic rings. The summed E-state index contributed by atoms with van der Waals surface area (Å²) < 4.78 is 11.2. The molecule has 0 atom stereocenters. The van der Waals surface area contributed by atoms with Gasteiger partial charge < -0.3 is 9.47 Å². The van der Waals surface area contributed by atoms with Crippen LogP contribution in [0.4, 0.5) is 4.79 Å². The minimum absolute atomic E-state index is 0.245. The molecule has 0 aromatic heterocycles. The Morgan fingerprint density at radius 2 is 1.78 bits per heavy atom. The predicted molar refractivity (Wildman–Crippen MR) is 129 cm³/mol. The second kappa shape index (κ2) is 9.49. The number of thioether (sulfide) groups is 1. The van der Waals surface area contributed by atoms with Crippen molar-refractivity contribution in [2.24, 2.45) is 5.92 Å². The number of amides is 2. The van der Waals surface area contributed by atoms with Gasteiger partial charge in [0.2, 0.25) is 0 Å². The number of benzene rings is 3. The molecule has 6 heteroatoms. The molecule has 164 valence electrons. The Hall–Kier alpha value is -3.25. The Morgan fingerprint density at radius 1 is 1.00 bits per heavy atom. The van der Waals surface area contributed by atoms with Crippen molar-refractivity contribution in [3.8, 4) is 11.5 Å². The van der Waals surface area contributed by atoms with Crippen LogP contribution in [0, 0.1) is 5.92 Å². The minimum Gasteiger partial charge on any atom is -0.493 e. The maximum absolute atomic E-state index is 13.0. The molecule has 5 nitrogen and oxygen atoms in total. The molecule has 1 saturated heterocycles. The second-order valence-corrected chi connectivity index (χ2v) is 9.01. The topological polar surface area (TPSA) is 55.8 Å². The quantitative estimate of drug-likeness (QED) is 0.409. The van der Waals surface area contributed by atoms with E-state index in [2.05, 4.69) is 13.8 Å². The molecule has 0 N–H and O–H groups in total. The highest BCUT2D eigenvalue weighted by atomic mass is 32.2. The van der Waals surface area contributed by atoms with Crippen molar-refractivity contribution in [1.29, 1.82) is 0 Å². The molecule has 2 amide bonds. The van der Waals surface area contributed by atoms with Crippen LogP contribution in [-0.2, 0) is 11.3 Å². The van der Waals surface area contributed by atoms with Gasteiger partial charge in [-0.2, -0.15) is 0 Å². The smallest absolute Gasteiger partial charge is 0.293 e. The Bertz CT molecular complexity index is 1200. The third kappa shape index (κ3) is 4.65. The van der Waals surface area contributed by atoms with Gasteiger partial charge in [0.1, 0.15) is 0 Å². The van der Waals surface area contributed by atoms with Crippen LogP contribution in [0.1, 0.15) is 25.0 Å². The number of carbonyl (C=O) groups excluding carboxylic acids is 2. The summed E-state index contributed by atoms with van der Waals surface area (Å²) in [7, 11) is 1.58. The fourth-order valence-corrected chi connectivity index (χ4v) is 4.38. The molecule has 0 bridgehead atoms. The first-order valence-corrected chi connectivity index (χ1v) is 11.3. The van der Waals surface area contributed by atoms with E-state index >= 15 is 0 Å². The van der Waals surface area contributed by atoms with Crippen LogP contribution in [0.15, 0.2) is 65.6 Å².